The molecule has 18 heavy (non-hydrogen) atoms. The zero-order chi connectivity index (χ0) is 13.5. The first kappa shape index (κ1) is 14.3. The van der Waals surface area contributed by atoms with Crippen LogP contribution < -0.4 is 16.0 Å². The largest absolute Gasteiger partial charge is 0.481 e. The molecule has 2 atom stereocenters. The number of carbonyl (C=O) groups is 3. The van der Waals surface area contributed by atoms with Crippen LogP contribution in [0.4, 0.5) is 4.79 Å². The summed E-state index contributed by atoms with van der Waals surface area (Å²) in [5, 5.41) is 16.6. The number of amides is 3. The Hall–Kier alpha value is -1.79. The summed E-state index contributed by atoms with van der Waals surface area (Å²) >= 11 is 0. The highest BCUT2D eigenvalue weighted by Gasteiger charge is 2.20. The molecule has 7 heteroatoms. The third kappa shape index (κ3) is 5.51. The lowest BCUT2D eigenvalue weighted by Gasteiger charge is -2.24. The molecule has 0 saturated carbocycles. The number of carbonyl (C=O) groups excluding carboxylic acids is 2. The predicted molar refractivity (Wildman–Crippen MR) is 64.0 cm³/mol. The van der Waals surface area contributed by atoms with Crippen molar-refractivity contribution in [3.05, 3.63) is 0 Å². The monoisotopic (exact) mass is 257 g/mol. The molecule has 1 aliphatic heterocycles. The standard InChI is InChI=1S/C11H19N3O4/c1-7(2-5-10(16)17)13-11(18)14-8-3-4-9(15)12-6-8/h7-8H,2-6H2,1H3,(H,12,15)(H,16,17)(H2,13,14,18). The van der Waals surface area contributed by atoms with Crippen molar-refractivity contribution in [3.8, 4) is 0 Å². The van der Waals surface area contributed by atoms with Gasteiger partial charge in [-0.2, -0.15) is 0 Å². The molecule has 0 aromatic heterocycles. The molecule has 0 bridgehead atoms. The normalized spacial score (nSPS) is 20.7. The van der Waals surface area contributed by atoms with E-state index in [0.717, 1.165) is 0 Å². The van der Waals surface area contributed by atoms with Crippen LogP contribution >= 0.6 is 0 Å². The fraction of sp³-hybridized carbons (Fsp3) is 0.727. The van der Waals surface area contributed by atoms with E-state index >= 15 is 0 Å². The second-order valence-electron chi connectivity index (χ2n) is 4.49. The van der Waals surface area contributed by atoms with E-state index in [1.807, 2.05) is 0 Å². The van der Waals surface area contributed by atoms with Crippen LogP contribution in [0.3, 0.4) is 0 Å². The quantitative estimate of drug-likeness (QED) is 0.548. The number of carboxylic acids is 1. The molecule has 3 amide bonds. The van der Waals surface area contributed by atoms with Gasteiger partial charge in [-0.15, -0.1) is 0 Å². The summed E-state index contributed by atoms with van der Waals surface area (Å²) in [6.07, 6.45) is 1.47. The zero-order valence-corrected chi connectivity index (χ0v) is 10.4. The number of rotatable bonds is 5. The smallest absolute Gasteiger partial charge is 0.315 e. The highest BCUT2D eigenvalue weighted by atomic mass is 16.4. The van der Waals surface area contributed by atoms with Gasteiger partial charge in [-0.25, -0.2) is 4.79 Å². The van der Waals surface area contributed by atoms with Crippen LogP contribution in [0.1, 0.15) is 32.6 Å². The van der Waals surface area contributed by atoms with Crippen LogP contribution in [0.2, 0.25) is 0 Å². The lowest BCUT2D eigenvalue weighted by atomic mass is 10.1. The molecule has 7 nitrogen and oxygen atoms in total. The fourth-order valence-electron chi connectivity index (χ4n) is 1.72. The number of urea groups is 1. The zero-order valence-electron chi connectivity index (χ0n) is 10.4. The Morgan fingerprint density at radius 2 is 2.28 bits per heavy atom. The van der Waals surface area contributed by atoms with Crippen LogP contribution in [-0.2, 0) is 9.59 Å². The van der Waals surface area contributed by atoms with E-state index in [-0.39, 0.29) is 30.4 Å². The van der Waals surface area contributed by atoms with Gasteiger partial charge in [-0.05, 0) is 19.8 Å². The maximum absolute atomic E-state index is 11.6. The summed E-state index contributed by atoms with van der Waals surface area (Å²) in [5.41, 5.74) is 0. The minimum absolute atomic E-state index is 0.00304. The molecule has 2 unspecified atom stereocenters. The molecule has 0 radical (unpaired) electrons. The molecular weight excluding hydrogens is 238 g/mol. The topological polar surface area (TPSA) is 108 Å². The Kier molecular flexibility index (Phi) is 5.41. The highest BCUT2D eigenvalue weighted by Crippen LogP contribution is 2.02. The average Bonchev–Trinajstić information content (AvgIpc) is 2.29. The van der Waals surface area contributed by atoms with E-state index in [9.17, 15) is 14.4 Å². The van der Waals surface area contributed by atoms with Crippen molar-refractivity contribution in [3.63, 3.8) is 0 Å². The Labute approximate surface area is 105 Å². The summed E-state index contributed by atoms with van der Waals surface area (Å²) in [6, 6.07) is -0.581. The first-order valence-corrected chi connectivity index (χ1v) is 6.03. The minimum Gasteiger partial charge on any atom is -0.481 e. The van der Waals surface area contributed by atoms with Crippen molar-refractivity contribution in [1.29, 1.82) is 0 Å². The van der Waals surface area contributed by atoms with Gasteiger partial charge in [0.1, 0.15) is 0 Å². The Balaban J connectivity index is 2.20. The molecular formula is C11H19N3O4. The average molecular weight is 257 g/mol. The second kappa shape index (κ2) is 6.83. The van der Waals surface area contributed by atoms with Crippen molar-refractivity contribution in [2.75, 3.05) is 6.54 Å². The van der Waals surface area contributed by atoms with E-state index in [2.05, 4.69) is 16.0 Å². The fourth-order valence-corrected chi connectivity index (χ4v) is 1.72. The van der Waals surface area contributed by atoms with Crippen LogP contribution in [0.25, 0.3) is 0 Å². The maximum Gasteiger partial charge on any atom is 0.315 e. The molecule has 1 rings (SSSR count). The molecule has 1 fully saturated rings. The van der Waals surface area contributed by atoms with Gasteiger partial charge in [-0.3, -0.25) is 9.59 Å². The number of hydrogen-bond acceptors (Lipinski definition) is 3. The number of aliphatic carboxylic acids is 1. The molecule has 0 aliphatic carbocycles. The highest BCUT2D eigenvalue weighted by molar-refractivity contribution is 5.78. The van der Waals surface area contributed by atoms with Gasteiger partial charge in [0.15, 0.2) is 0 Å². The van der Waals surface area contributed by atoms with E-state index < -0.39 is 5.97 Å². The predicted octanol–water partition coefficient (Wildman–Crippen LogP) is -0.182. The van der Waals surface area contributed by atoms with Crippen molar-refractivity contribution in [1.82, 2.24) is 16.0 Å². The van der Waals surface area contributed by atoms with Crippen LogP contribution in [0.5, 0.6) is 0 Å². The van der Waals surface area contributed by atoms with Crippen molar-refractivity contribution in [2.24, 2.45) is 0 Å². The van der Waals surface area contributed by atoms with Crippen molar-refractivity contribution < 1.29 is 19.5 Å². The van der Waals surface area contributed by atoms with E-state index in [1.165, 1.54) is 0 Å². The third-order valence-electron chi connectivity index (χ3n) is 2.77. The number of nitrogens with one attached hydrogen (secondary N) is 3. The number of carboxylic acid groups (broad SMARTS) is 1. The van der Waals surface area contributed by atoms with Gasteiger partial charge >= 0.3 is 12.0 Å². The maximum atomic E-state index is 11.6. The van der Waals surface area contributed by atoms with Crippen LogP contribution in [0, 0.1) is 0 Å². The van der Waals surface area contributed by atoms with Crippen LogP contribution in [-0.4, -0.2) is 41.6 Å². The van der Waals surface area contributed by atoms with E-state index in [1.54, 1.807) is 6.92 Å². The van der Waals surface area contributed by atoms with E-state index in [4.69, 9.17) is 5.11 Å². The summed E-state index contributed by atoms with van der Waals surface area (Å²) in [6.45, 7) is 2.20. The Morgan fingerprint density at radius 3 is 2.83 bits per heavy atom. The van der Waals surface area contributed by atoms with Gasteiger partial charge in [0.25, 0.3) is 0 Å². The Morgan fingerprint density at radius 1 is 1.56 bits per heavy atom. The van der Waals surface area contributed by atoms with Crippen LogP contribution in [0.15, 0.2) is 0 Å². The molecule has 4 N–H and O–H groups in total. The molecule has 1 heterocycles. The van der Waals surface area contributed by atoms with Crippen molar-refractivity contribution >= 4 is 17.9 Å². The van der Waals surface area contributed by atoms with Gasteiger partial charge in [0.05, 0.1) is 0 Å². The first-order chi connectivity index (χ1) is 8.47. The van der Waals surface area contributed by atoms with E-state index in [0.29, 0.717) is 25.8 Å². The Bertz CT molecular complexity index is 322. The van der Waals surface area contributed by atoms with Gasteiger partial charge < -0.3 is 21.1 Å². The lowest BCUT2D eigenvalue weighted by Crippen LogP contribution is -2.52. The SMILES string of the molecule is CC(CCC(=O)O)NC(=O)NC1CCC(=O)NC1. The summed E-state index contributed by atoms with van der Waals surface area (Å²) in [5.74, 6) is -0.873. The molecule has 102 valence electrons. The van der Waals surface area contributed by atoms with Gasteiger partial charge in [0.2, 0.25) is 5.91 Å². The number of hydrogen-bond donors (Lipinski definition) is 4. The third-order valence-corrected chi connectivity index (χ3v) is 2.77. The summed E-state index contributed by atoms with van der Waals surface area (Å²) in [7, 11) is 0. The van der Waals surface area contributed by atoms with Gasteiger partial charge in [0, 0.05) is 31.5 Å². The lowest BCUT2D eigenvalue weighted by molar-refractivity contribution is -0.137. The molecule has 1 aliphatic rings. The minimum atomic E-state index is -0.876. The number of piperidine rings is 1. The molecule has 1 saturated heterocycles. The first-order valence-electron chi connectivity index (χ1n) is 6.03. The molecule has 0 aromatic carbocycles. The molecule has 0 spiro atoms. The molecule has 0 aromatic rings. The van der Waals surface area contributed by atoms with Gasteiger partial charge in [-0.1, -0.05) is 0 Å². The summed E-state index contributed by atoms with van der Waals surface area (Å²) in [4.78, 5) is 32.9. The van der Waals surface area contributed by atoms with Crippen molar-refractivity contribution in [2.45, 2.75) is 44.7 Å². The summed E-state index contributed by atoms with van der Waals surface area (Å²) < 4.78 is 0. The second-order valence-corrected chi connectivity index (χ2v) is 4.49.